The van der Waals surface area contributed by atoms with Crippen LogP contribution in [0.4, 0.5) is 24.8 Å². The zero-order chi connectivity index (χ0) is 19.5. The molecule has 0 radical (unpaired) electrons. The minimum atomic E-state index is -4.63. The van der Waals surface area contributed by atoms with E-state index in [1.807, 2.05) is 9.80 Å². The Labute approximate surface area is 155 Å². The van der Waals surface area contributed by atoms with Crippen molar-refractivity contribution in [1.82, 2.24) is 39.4 Å². The maximum absolute atomic E-state index is 13.1. The molecule has 5 heterocycles. The molecule has 1 aliphatic heterocycles. The predicted octanol–water partition coefficient (Wildman–Crippen LogP) is 0.906. The second-order valence-corrected chi connectivity index (χ2v) is 6.47. The van der Waals surface area contributed by atoms with Crippen LogP contribution in [0, 0.1) is 0 Å². The van der Waals surface area contributed by atoms with E-state index in [9.17, 15) is 13.2 Å². The third kappa shape index (κ3) is 2.50. The number of anilines is 2. The average molecular weight is 390 g/mol. The number of nitrogens with zero attached hydrogens (tertiary/aromatic N) is 10. The third-order valence-electron chi connectivity index (χ3n) is 4.77. The highest BCUT2D eigenvalue weighted by Crippen LogP contribution is 2.29. The normalized spacial score (nSPS) is 15.4. The molecule has 0 unspecified atom stereocenters. The molecule has 1 saturated heterocycles. The fourth-order valence-electron chi connectivity index (χ4n) is 3.17. The summed E-state index contributed by atoms with van der Waals surface area (Å²) in [6, 6.07) is 3.15. The van der Waals surface area contributed by atoms with Gasteiger partial charge in [-0.2, -0.15) is 17.7 Å². The lowest BCUT2D eigenvalue weighted by atomic mass is 10.1. The van der Waals surface area contributed by atoms with Crippen molar-refractivity contribution >= 4 is 22.9 Å². The number of aromatic nitrogens is 8. The summed E-state index contributed by atoms with van der Waals surface area (Å²) in [7, 11) is 1.79. The quantitative estimate of drug-likeness (QED) is 0.510. The number of fused-ring (bicyclic) bond motifs is 2. The molecule has 10 nitrogen and oxygen atoms in total. The Morgan fingerprint density at radius 3 is 2.75 bits per heavy atom. The molecule has 0 aromatic carbocycles. The summed E-state index contributed by atoms with van der Waals surface area (Å²) in [5.41, 5.74) is 0.699. The van der Waals surface area contributed by atoms with Crippen molar-refractivity contribution in [1.29, 1.82) is 0 Å². The van der Waals surface area contributed by atoms with Gasteiger partial charge in [0.1, 0.15) is 12.1 Å². The van der Waals surface area contributed by atoms with Crippen LogP contribution in [0.1, 0.15) is 5.82 Å². The number of hydrogen-bond acceptors (Lipinski definition) is 8. The van der Waals surface area contributed by atoms with E-state index in [1.165, 1.54) is 6.07 Å². The highest BCUT2D eigenvalue weighted by atomic mass is 19.4. The minimum Gasteiger partial charge on any atom is -0.352 e. The Morgan fingerprint density at radius 1 is 1.14 bits per heavy atom. The molecule has 0 N–H and O–H groups in total. The van der Waals surface area contributed by atoms with Gasteiger partial charge in [-0.25, -0.2) is 4.98 Å². The van der Waals surface area contributed by atoms with Crippen LogP contribution in [0.2, 0.25) is 0 Å². The fourth-order valence-corrected chi connectivity index (χ4v) is 3.17. The van der Waals surface area contributed by atoms with Crippen molar-refractivity contribution in [3.8, 4) is 0 Å². The maximum Gasteiger partial charge on any atom is 0.453 e. The summed E-state index contributed by atoms with van der Waals surface area (Å²) in [5.74, 6) is -0.0296. The number of alkyl halides is 3. The van der Waals surface area contributed by atoms with Crippen molar-refractivity contribution in [2.45, 2.75) is 12.2 Å². The van der Waals surface area contributed by atoms with Crippen LogP contribution in [-0.4, -0.2) is 65.6 Å². The van der Waals surface area contributed by atoms with Gasteiger partial charge in [-0.1, -0.05) is 0 Å². The highest BCUT2D eigenvalue weighted by molar-refractivity contribution is 5.65. The van der Waals surface area contributed by atoms with Gasteiger partial charge < -0.3 is 9.80 Å². The van der Waals surface area contributed by atoms with Gasteiger partial charge in [0.2, 0.25) is 5.65 Å². The molecule has 0 amide bonds. The van der Waals surface area contributed by atoms with Crippen LogP contribution in [0.5, 0.6) is 0 Å². The molecular formula is C15H13F3N10. The average Bonchev–Trinajstić information content (AvgIpc) is 3.26. The van der Waals surface area contributed by atoms with E-state index in [2.05, 4.69) is 30.5 Å². The Balaban J connectivity index is 1.38. The number of hydrogen-bond donors (Lipinski definition) is 0. The van der Waals surface area contributed by atoms with Gasteiger partial charge in [0.15, 0.2) is 11.5 Å². The van der Waals surface area contributed by atoms with Crippen LogP contribution in [0.15, 0.2) is 30.9 Å². The Bertz CT molecular complexity index is 1160. The van der Waals surface area contributed by atoms with Gasteiger partial charge in [-0.3, -0.25) is 4.40 Å². The molecule has 0 aliphatic carbocycles. The predicted molar refractivity (Wildman–Crippen MR) is 91.0 cm³/mol. The van der Waals surface area contributed by atoms with E-state index < -0.39 is 12.0 Å². The van der Waals surface area contributed by atoms with Gasteiger partial charge >= 0.3 is 6.18 Å². The molecule has 0 saturated carbocycles. The number of likely N-dealkylation sites (N-methyl/N-ethyl adjacent to an activating group) is 1. The molecule has 1 aliphatic rings. The van der Waals surface area contributed by atoms with Crippen molar-refractivity contribution in [3.63, 3.8) is 0 Å². The molecule has 4 aromatic rings. The summed E-state index contributed by atoms with van der Waals surface area (Å²) in [6.45, 7) is 1.26. The monoisotopic (exact) mass is 390 g/mol. The second-order valence-electron chi connectivity index (χ2n) is 6.47. The van der Waals surface area contributed by atoms with Crippen molar-refractivity contribution in [2.24, 2.45) is 0 Å². The molecule has 0 atom stereocenters. The first kappa shape index (κ1) is 16.6. The summed E-state index contributed by atoms with van der Waals surface area (Å²) in [6.07, 6.45) is 0.404. The molecule has 0 bridgehead atoms. The van der Waals surface area contributed by atoms with Crippen molar-refractivity contribution in [2.75, 3.05) is 29.9 Å². The first-order valence-corrected chi connectivity index (χ1v) is 8.33. The Hall–Kier alpha value is -3.51. The van der Waals surface area contributed by atoms with Gasteiger partial charge in [-0.15, -0.1) is 25.5 Å². The van der Waals surface area contributed by atoms with E-state index in [0.29, 0.717) is 30.4 Å². The molecule has 0 spiro atoms. The largest absolute Gasteiger partial charge is 0.453 e. The van der Waals surface area contributed by atoms with Crippen molar-refractivity contribution in [3.05, 3.63) is 36.7 Å². The number of halogens is 3. The van der Waals surface area contributed by atoms with Gasteiger partial charge in [-0.05, 0) is 12.1 Å². The zero-order valence-corrected chi connectivity index (χ0v) is 14.5. The Morgan fingerprint density at radius 2 is 1.96 bits per heavy atom. The summed E-state index contributed by atoms with van der Waals surface area (Å²) < 4.78 is 41.7. The summed E-state index contributed by atoms with van der Waals surface area (Å²) >= 11 is 0. The first-order valence-electron chi connectivity index (χ1n) is 8.33. The zero-order valence-electron chi connectivity index (χ0n) is 14.5. The van der Waals surface area contributed by atoms with E-state index in [-0.39, 0.29) is 11.7 Å². The minimum absolute atomic E-state index is 0.0439. The molecule has 5 rings (SSSR count). The molecule has 13 heteroatoms. The van der Waals surface area contributed by atoms with Crippen molar-refractivity contribution < 1.29 is 13.2 Å². The molecule has 28 heavy (non-hydrogen) atoms. The van der Waals surface area contributed by atoms with Gasteiger partial charge in [0, 0.05) is 32.5 Å². The van der Waals surface area contributed by atoms with Gasteiger partial charge in [0.25, 0.3) is 5.82 Å². The van der Waals surface area contributed by atoms with Crippen LogP contribution < -0.4 is 9.80 Å². The Kier molecular flexibility index (Phi) is 3.41. The van der Waals surface area contributed by atoms with E-state index in [0.717, 1.165) is 4.52 Å². The van der Waals surface area contributed by atoms with E-state index >= 15 is 0 Å². The topological polar surface area (TPSA) is 92.6 Å². The fraction of sp³-hybridized carbons (Fsp3) is 0.333. The number of rotatable bonds is 3. The molecule has 1 fully saturated rings. The first-order chi connectivity index (χ1) is 13.4. The lowest BCUT2D eigenvalue weighted by Gasteiger charge is -2.44. The maximum atomic E-state index is 13.1. The van der Waals surface area contributed by atoms with E-state index in [1.54, 1.807) is 36.2 Å². The highest BCUT2D eigenvalue weighted by Gasteiger charge is 2.38. The SMILES string of the molecule is CN(c1ccc2nnc(C(F)(F)F)n2n1)C1CN(c2nccn3cnnc23)C1. The van der Waals surface area contributed by atoms with Crippen LogP contribution in [-0.2, 0) is 6.18 Å². The smallest absolute Gasteiger partial charge is 0.352 e. The van der Waals surface area contributed by atoms with Crippen LogP contribution in [0.25, 0.3) is 11.3 Å². The second kappa shape index (κ2) is 5.74. The lowest BCUT2D eigenvalue weighted by Crippen LogP contribution is -2.59. The summed E-state index contributed by atoms with van der Waals surface area (Å²) in [4.78, 5) is 8.23. The standard InChI is InChI=1S/C15H13F3N10/c1-25(11-3-2-10-21-23-14(15(16,17)18)28(10)24-11)9-6-27(7-9)12-13-22-20-8-26(13)5-4-19-12/h2-5,8-9H,6-7H2,1H3. The molecule has 4 aromatic heterocycles. The molecule has 144 valence electrons. The van der Waals surface area contributed by atoms with Gasteiger partial charge in [0.05, 0.1) is 6.04 Å². The molecular weight excluding hydrogens is 377 g/mol. The summed E-state index contributed by atoms with van der Waals surface area (Å²) in [5, 5.41) is 18.7. The van der Waals surface area contributed by atoms with Crippen LogP contribution in [0.3, 0.4) is 0 Å². The van der Waals surface area contributed by atoms with E-state index in [4.69, 9.17) is 0 Å². The lowest BCUT2D eigenvalue weighted by molar-refractivity contribution is -0.146. The van der Waals surface area contributed by atoms with Crippen LogP contribution >= 0.6 is 0 Å². The third-order valence-corrected chi connectivity index (χ3v) is 4.77.